The monoisotopic (exact) mass is 244 g/mol. The van der Waals surface area contributed by atoms with Crippen LogP contribution < -0.4 is 5.32 Å². The molecule has 3 nitrogen and oxygen atoms in total. The average Bonchev–Trinajstić information content (AvgIpc) is 3.02. The molecule has 1 aliphatic rings. The van der Waals surface area contributed by atoms with Gasteiger partial charge in [0.2, 0.25) is 5.91 Å². The Hall–Kier alpha value is -2.10. The van der Waals surface area contributed by atoms with E-state index in [4.69, 9.17) is 0 Å². The SMILES string of the molecule is O=C(Nc1cc[nH]c1)C1(c2ccccc2F)CC1. The highest BCUT2D eigenvalue weighted by molar-refractivity contribution is 6.01. The van der Waals surface area contributed by atoms with Crippen molar-refractivity contribution in [1.29, 1.82) is 0 Å². The van der Waals surface area contributed by atoms with E-state index in [9.17, 15) is 9.18 Å². The topological polar surface area (TPSA) is 44.9 Å². The molecule has 4 heteroatoms. The first-order chi connectivity index (χ1) is 8.72. The molecule has 1 aromatic heterocycles. The quantitative estimate of drug-likeness (QED) is 0.856. The Labute approximate surface area is 104 Å². The van der Waals surface area contributed by atoms with Crippen molar-refractivity contribution < 1.29 is 9.18 Å². The summed E-state index contributed by atoms with van der Waals surface area (Å²) in [5.74, 6) is -0.439. The van der Waals surface area contributed by atoms with E-state index in [1.807, 2.05) is 0 Å². The van der Waals surface area contributed by atoms with Gasteiger partial charge >= 0.3 is 0 Å². The Bertz CT molecular complexity index is 573. The molecule has 0 aliphatic heterocycles. The molecule has 0 spiro atoms. The Morgan fingerprint density at radius 1 is 1.28 bits per heavy atom. The van der Waals surface area contributed by atoms with Crippen molar-refractivity contribution in [3.8, 4) is 0 Å². The number of aromatic nitrogens is 1. The van der Waals surface area contributed by atoms with Crippen LogP contribution in [0.1, 0.15) is 18.4 Å². The molecule has 0 saturated heterocycles. The van der Waals surface area contributed by atoms with Crippen molar-refractivity contribution in [2.24, 2.45) is 0 Å². The Balaban J connectivity index is 1.87. The van der Waals surface area contributed by atoms with Gasteiger partial charge in [0.05, 0.1) is 11.1 Å². The number of amides is 1. The van der Waals surface area contributed by atoms with Crippen LogP contribution in [-0.4, -0.2) is 10.9 Å². The van der Waals surface area contributed by atoms with Crippen molar-refractivity contribution in [2.45, 2.75) is 18.3 Å². The standard InChI is InChI=1S/C14H13FN2O/c15-12-4-2-1-3-11(12)14(6-7-14)13(18)17-10-5-8-16-9-10/h1-5,8-9,16H,6-7H2,(H,17,18). The Morgan fingerprint density at radius 2 is 2.06 bits per heavy atom. The summed E-state index contributed by atoms with van der Waals surface area (Å²) in [7, 11) is 0. The third kappa shape index (κ3) is 1.70. The highest BCUT2D eigenvalue weighted by Crippen LogP contribution is 2.49. The number of halogens is 1. The first-order valence-corrected chi connectivity index (χ1v) is 5.92. The van der Waals surface area contributed by atoms with Crippen molar-refractivity contribution in [1.82, 2.24) is 4.98 Å². The molecule has 1 amide bonds. The fourth-order valence-electron chi connectivity index (χ4n) is 2.25. The smallest absolute Gasteiger partial charge is 0.235 e. The molecule has 92 valence electrons. The number of H-pyrrole nitrogens is 1. The third-order valence-corrected chi connectivity index (χ3v) is 3.43. The van der Waals surface area contributed by atoms with Crippen LogP contribution in [0.2, 0.25) is 0 Å². The highest BCUT2D eigenvalue weighted by Gasteiger charge is 2.52. The molecule has 1 heterocycles. The molecular weight excluding hydrogens is 231 g/mol. The number of nitrogens with one attached hydrogen (secondary N) is 2. The van der Waals surface area contributed by atoms with Crippen LogP contribution in [0.3, 0.4) is 0 Å². The van der Waals surface area contributed by atoms with Crippen LogP contribution in [0.5, 0.6) is 0 Å². The summed E-state index contributed by atoms with van der Waals surface area (Å²) in [5.41, 5.74) is 0.531. The molecule has 3 rings (SSSR count). The normalized spacial score (nSPS) is 16.3. The fraction of sp³-hybridized carbons (Fsp3) is 0.214. The average molecular weight is 244 g/mol. The summed E-state index contributed by atoms with van der Waals surface area (Å²) in [5, 5.41) is 2.81. The molecule has 1 aliphatic carbocycles. The summed E-state index contributed by atoms with van der Waals surface area (Å²) in [6, 6.07) is 8.27. The minimum absolute atomic E-state index is 0.132. The summed E-state index contributed by atoms with van der Waals surface area (Å²) in [6.07, 6.45) is 4.84. The number of hydrogen-bond acceptors (Lipinski definition) is 1. The number of rotatable bonds is 3. The second kappa shape index (κ2) is 3.98. The zero-order chi connectivity index (χ0) is 12.6. The molecule has 1 saturated carbocycles. The maximum Gasteiger partial charge on any atom is 0.235 e. The Morgan fingerprint density at radius 3 is 2.67 bits per heavy atom. The number of carbonyl (C=O) groups is 1. The van der Waals surface area contributed by atoms with Crippen LogP contribution in [0, 0.1) is 5.82 Å². The highest BCUT2D eigenvalue weighted by atomic mass is 19.1. The second-order valence-corrected chi connectivity index (χ2v) is 4.62. The van der Waals surface area contributed by atoms with Crippen LogP contribution in [0.4, 0.5) is 10.1 Å². The van der Waals surface area contributed by atoms with Gasteiger partial charge in [0.25, 0.3) is 0 Å². The first kappa shape index (κ1) is 11.0. The summed E-state index contributed by atoms with van der Waals surface area (Å²) < 4.78 is 13.8. The van der Waals surface area contributed by atoms with Gasteiger partial charge in [-0.25, -0.2) is 4.39 Å². The van der Waals surface area contributed by atoms with Gasteiger partial charge in [-0.1, -0.05) is 18.2 Å². The second-order valence-electron chi connectivity index (χ2n) is 4.62. The van der Waals surface area contributed by atoms with E-state index < -0.39 is 5.41 Å². The Kier molecular flexibility index (Phi) is 2.44. The molecule has 1 aromatic carbocycles. The molecule has 0 unspecified atom stereocenters. The van der Waals surface area contributed by atoms with Gasteiger partial charge < -0.3 is 10.3 Å². The zero-order valence-corrected chi connectivity index (χ0v) is 9.74. The van der Waals surface area contributed by atoms with Gasteiger partial charge in [-0.15, -0.1) is 0 Å². The predicted molar refractivity (Wildman–Crippen MR) is 66.7 cm³/mol. The maximum atomic E-state index is 13.8. The van der Waals surface area contributed by atoms with Crippen LogP contribution in [-0.2, 0) is 10.2 Å². The van der Waals surface area contributed by atoms with E-state index in [-0.39, 0.29) is 11.7 Å². The lowest BCUT2D eigenvalue weighted by molar-refractivity contribution is -0.118. The minimum Gasteiger partial charge on any atom is -0.366 e. The van der Waals surface area contributed by atoms with Crippen LogP contribution in [0.25, 0.3) is 0 Å². The van der Waals surface area contributed by atoms with E-state index in [2.05, 4.69) is 10.3 Å². The number of anilines is 1. The van der Waals surface area contributed by atoms with Crippen molar-refractivity contribution in [2.75, 3.05) is 5.32 Å². The first-order valence-electron chi connectivity index (χ1n) is 5.92. The van der Waals surface area contributed by atoms with Gasteiger partial charge in [0.15, 0.2) is 0 Å². The number of carbonyl (C=O) groups excluding carboxylic acids is 1. The minimum atomic E-state index is -0.678. The van der Waals surface area contributed by atoms with Gasteiger partial charge in [0.1, 0.15) is 5.82 Å². The van der Waals surface area contributed by atoms with E-state index in [1.165, 1.54) is 6.07 Å². The zero-order valence-electron chi connectivity index (χ0n) is 9.74. The van der Waals surface area contributed by atoms with E-state index in [0.29, 0.717) is 24.1 Å². The number of benzene rings is 1. The summed E-state index contributed by atoms with van der Waals surface area (Å²) in [6.45, 7) is 0. The largest absolute Gasteiger partial charge is 0.366 e. The van der Waals surface area contributed by atoms with Gasteiger partial charge in [0, 0.05) is 18.0 Å². The van der Waals surface area contributed by atoms with Crippen molar-refractivity contribution >= 4 is 11.6 Å². The fourth-order valence-corrected chi connectivity index (χ4v) is 2.25. The molecule has 18 heavy (non-hydrogen) atoms. The lowest BCUT2D eigenvalue weighted by Crippen LogP contribution is -2.28. The summed E-state index contributed by atoms with van der Waals surface area (Å²) >= 11 is 0. The predicted octanol–water partition coefficient (Wildman–Crippen LogP) is 2.82. The van der Waals surface area contributed by atoms with Crippen LogP contribution >= 0.6 is 0 Å². The lowest BCUT2D eigenvalue weighted by Gasteiger charge is -2.15. The molecule has 1 fully saturated rings. The molecule has 0 bridgehead atoms. The maximum absolute atomic E-state index is 13.8. The van der Waals surface area contributed by atoms with E-state index in [0.717, 1.165) is 0 Å². The molecule has 0 atom stereocenters. The summed E-state index contributed by atoms with van der Waals surface area (Å²) in [4.78, 5) is 15.1. The van der Waals surface area contributed by atoms with Crippen LogP contribution in [0.15, 0.2) is 42.7 Å². The molecule has 2 aromatic rings. The van der Waals surface area contributed by atoms with E-state index >= 15 is 0 Å². The lowest BCUT2D eigenvalue weighted by atomic mass is 9.94. The van der Waals surface area contributed by atoms with Gasteiger partial charge in [-0.05, 0) is 25.0 Å². The molecule has 2 N–H and O–H groups in total. The number of hydrogen-bond donors (Lipinski definition) is 2. The van der Waals surface area contributed by atoms with Gasteiger partial charge in [-0.3, -0.25) is 4.79 Å². The van der Waals surface area contributed by atoms with Crippen molar-refractivity contribution in [3.05, 3.63) is 54.1 Å². The van der Waals surface area contributed by atoms with Gasteiger partial charge in [-0.2, -0.15) is 0 Å². The molecule has 0 radical (unpaired) electrons. The number of aromatic amines is 1. The third-order valence-electron chi connectivity index (χ3n) is 3.43. The van der Waals surface area contributed by atoms with E-state index in [1.54, 1.807) is 36.7 Å². The van der Waals surface area contributed by atoms with Crippen molar-refractivity contribution in [3.63, 3.8) is 0 Å². The molecular formula is C14H13FN2O.